The molecular weight excluding hydrogens is 467 g/mol. The summed E-state index contributed by atoms with van der Waals surface area (Å²) in [6.07, 6.45) is 9.36. The predicted octanol–water partition coefficient (Wildman–Crippen LogP) is 4.28. The van der Waals surface area contributed by atoms with Crippen molar-refractivity contribution >= 4 is 33.3 Å². The lowest BCUT2D eigenvalue weighted by Crippen LogP contribution is -2.49. The molecule has 6 nitrogen and oxygen atoms in total. The first kappa shape index (κ1) is 25.1. The highest BCUT2D eigenvalue weighted by molar-refractivity contribution is 7.90. The zero-order valence-corrected chi connectivity index (χ0v) is 20.8. The van der Waals surface area contributed by atoms with Crippen molar-refractivity contribution < 1.29 is 22.4 Å². The van der Waals surface area contributed by atoms with E-state index >= 15 is 0 Å². The molecule has 0 atom stereocenters. The van der Waals surface area contributed by atoms with Crippen LogP contribution >= 0.6 is 0 Å². The highest BCUT2D eigenvalue weighted by Crippen LogP contribution is 2.31. The van der Waals surface area contributed by atoms with Crippen LogP contribution in [0.4, 0.5) is 10.1 Å². The Bertz CT molecular complexity index is 1250. The molecule has 0 spiro atoms. The van der Waals surface area contributed by atoms with Crippen LogP contribution in [0.2, 0.25) is 0 Å². The Labute approximate surface area is 206 Å². The number of anilines is 1. The van der Waals surface area contributed by atoms with E-state index in [2.05, 4.69) is 6.08 Å². The summed E-state index contributed by atoms with van der Waals surface area (Å²) >= 11 is 0. The van der Waals surface area contributed by atoms with Gasteiger partial charge in [-0.2, -0.15) is 0 Å². The first-order valence-corrected chi connectivity index (χ1v) is 14.0. The molecule has 1 heterocycles. The lowest BCUT2D eigenvalue weighted by atomic mass is 9.95. The molecule has 2 aliphatic rings. The van der Waals surface area contributed by atoms with E-state index in [9.17, 15) is 22.4 Å². The zero-order chi connectivity index (χ0) is 25.0. The Balaban J connectivity index is 1.56. The molecule has 0 radical (unpaired) electrons. The van der Waals surface area contributed by atoms with E-state index in [-0.39, 0.29) is 23.0 Å². The van der Waals surface area contributed by atoms with Gasteiger partial charge in [0.1, 0.15) is 12.1 Å². The number of piperazine rings is 1. The molecule has 1 amide bonds. The number of rotatable bonds is 6. The Morgan fingerprint density at radius 1 is 1.03 bits per heavy atom. The molecule has 0 saturated carbocycles. The third-order valence-electron chi connectivity index (χ3n) is 6.78. The molecule has 1 aliphatic carbocycles. The van der Waals surface area contributed by atoms with Gasteiger partial charge < -0.3 is 14.6 Å². The Morgan fingerprint density at radius 3 is 2.49 bits per heavy atom. The number of carbonyl (C=O) groups is 2. The van der Waals surface area contributed by atoms with Gasteiger partial charge in [0.15, 0.2) is 9.84 Å². The average molecular weight is 499 g/mol. The third-order valence-corrected chi connectivity index (χ3v) is 7.89. The van der Waals surface area contributed by atoms with Gasteiger partial charge in [-0.3, -0.25) is 4.79 Å². The molecule has 0 N–H and O–H groups in total. The highest BCUT2D eigenvalue weighted by Gasteiger charge is 2.27. The Morgan fingerprint density at radius 2 is 1.80 bits per heavy atom. The maximum Gasteiger partial charge on any atom is 0.254 e. The van der Waals surface area contributed by atoms with Crippen molar-refractivity contribution in [3.8, 4) is 0 Å². The number of allylic oxidation sites excluding steroid dienone is 2. The number of aldehydes is 1. The normalized spacial score (nSPS) is 17.0. The van der Waals surface area contributed by atoms with Crippen LogP contribution in [-0.2, 0) is 21.1 Å². The monoisotopic (exact) mass is 498 g/mol. The van der Waals surface area contributed by atoms with Crippen LogP contribution in [0.1, 0.15) is 53.6 Å². The van der Waals surface area contributed by atoms with Crippen molar-refractivity contribution in [1.82, 2.24) is 4.90 Å². The average Bonchev–Trinajstić information content (AvgIpc) is 3.13. The van der Waals surface area contributed by atoms with Gasteiger partial charge in [-0.15, -0.1) is 0 Å². The van der Waals surface area contributed by atoms with Gasteiger partial charge in [0.2, 0.25) is 0 Å². The molecule has 1 fully saturated rings. The van der Waals surface area contributed by atoms with Gasteiger partial charge in [-0.25, -0.2) is 12.8 Å². The van der Waals surface area contributed by atoms with Gasteiger partial charge in [-0.1, -0.05) is 24.6 Å². The number of nitrogens with zero attached hydrogens (tertiary/aromatic N) is 2. The van der Waals surface area contributed by atoms with Crippen molar-refractivity contribution in [2.24, 2.45) is 0 Å². The lowest BCUT2D eigenvalue weighted by Gasteiger charge is -2.36. The molecule has 2 aromatic rings. The summed E-state index contributed by atoms with van der Waals surface area (Å²) < 4.78 is 39.1. The van der Waals surface area contributed by atoms with Crippen LogP contribution in [0.5, 0.6) is 0 Å². The van der Waals surface area contributed by atoms with Gasteiger partial charge in [0.05, 0.1) is 10.6 Å². The number of sulfone groups is 1. The second-order valence-corrected chi connectivity index (χ2v) is 11.3. The minimum absolute atomic E-state index is 0.134. The number of carbonyl (C=O) groups excluding carboxylic acids is 2. The maximum atomic E-state index is 14.6. The molecule has 1 saturated heterocycles. The lowest BCUT2D eigenvalue weighted by molar-refractivity contribution is -0.107. The molecule has 2 aromatic carbocycles. The van der Waals surface area contributed by atoms with Crippen molar-refractivity contribution in [1.29, 1.82) is 0 Å². The highest BCUT2D eigenvalue weighted by atomic mass is 32.2. The minimum atomic E-state index is -3.46. The molecular formula is C27H31FN2O4S. The van der Waals surface area contributed by atoms with Crippen LogP contribution in [0.3, 0.4) is 0 Å². The van der Waals surface area contributed by atoms with Crippen molar-refractivity contribution in [2.75, 3.05) is 37.3 Å². The van der Waals surface area contributed by atoms with E-state index in [1.807, 2.05) is 4.90 Å². The number of amides is 1. The fourth-order valence-electron chi connectivity index (χ4n) is 4.82. The van der Waals surface area contributed by atoms with Crippen LogP contribution in [0, 0.1) is 5.82 Å². The van der Waals surface area contributed by atoms with Crippen molar-refractivity contribution in [2.45, 2.75) is 43.4 Å². The molecule has 0 unspecified atom stereocenters. The van der Waals surface area contributed by atoms with Crippen molar-refractivity contribution in [3.63, 3.8) is 0 Å². The van der Waals surface area contributed by atoms with E-state index in [1.54, 1.807) is 29.2 Å². The quantitative estimate of drug-likeness (QED) is 0.556. The summed E-state index contributed by atoms with van der Waals surface area (Å²) in [5, 5.41) is 0. The first-order chi connectivity index (χ1) is 16.8. The summed E-state index contributed by atoms with van der Waals surface area (Å²) in [5.41, 5.74) is 3.40. The number of hydrogen-bond acceptors (Lipinski definition) is 5. The summed E-state index contributed by atoms with van der Waals surface area (Å²) in [7, 11) is -3.46. The SMILES string of the molecule is CS(=O)(=O)c1ccc(C2=CCCCCC2)c(C(=O)N2CCN(c3ccc(CC=O)cc3F)CC2)c1. The largest absolute Gasteiger partial charge is 0.366 e. The predicted molar refractivity (Wildman–Crippen MR) is 135 cm³/mol. The molecule has 4 rings (SSSR count). The molecule has 0 bridgehead atoms. The zero-order valence-electron chi connectivity index (χ0n) is 20.0. The Kier molecular flexibility index (Phi) is 7.69. The van der Waals surface area contributed by atoms with E-state index in [4.69, 9.17) is 0 Å². The van der Waals surface area contributed by atoms with Gasteiger partial charge in [0.25, 0.3) is 5.91 Å². The van der Waals surface area contributed by atoms with E-state index in [0.717, 1.165) is 55.8 Å². The fraction of sp³-hybridized carbons (Fsp3) is 0.407. The molecule has 1 aliphatic heterocycles. The minimum Gasteiger partial charge on any atom is -0.366 e. The molecule has 0 aromatic heterocycles. The molecule has 186 valence electrons. The van der Waals surface area contributed by atoms with Crippen molar-refractivity contribution in [3.05, 3.63) is 65.0 Å². The van der Waals surface area contributed by atoms with Crippen LogP contribution < -0.4 is 4.90 Å². The standard InChI is InChI=1S/C27H31FN2O4S/c1-35(33,34)22-9-10-23(21-6-4-2-3-5-7-21)24(19-22)27(32)30-15-13-29(14-16-30)26-11-8-20(12-17-31)18-25(26)28/h6,8-11,17-19H,2-5,7,12-16H2,1H3. The summed E-state index contributed by atoms with van der Waals surface area (Å²) in [5.74, 6) is -0.579. The van der Waals surface area contributed by atoms with Crippen LogP contribution in [0.25, 0.3) is 5.57 Å². The number of halogens is 1. The number of benzene rings is 2. The van der Waals surface area contributed by atoms with Gasteiger partial charge >= 0.3 is 0 Å². The second-order valence-electron chi connectivity index (χ2n) is 9.24. The van der Waals surface area contributed by atoms with E-state index in [0.29, 0.717) is 43.0 Å². The van der Waals surface area contributed by atoms with Crippen LogP contribution in [-0.4, -0.2) is 57.9 Å². The third kappa shape index (κ3) is 5.81. The van der Waals surface area contributed by atoms with E-state index in [1.165, 1.54) is 12.1 Å². The summed E-state index contributed by atoms with van der Waals surface area (Å²) in [4.78, 5) is 28.1. The Hall–Kier alpha value is -3.00. The molecule has 35 heavy (non-hydrogen) atoms. The maximum absolute atomic E-state index is 14.6. The van der Waals surface area contributed by atoms with Gasteiger partial charge in [0, 0.05) is 44.4 Å². The summed E-state index contributed by atoms with van der Waals surface area (Å²) in [6, 6.07) is 9.67. The molecule has 8 heteroatoms. The topological polar surface area (TPSA) is 74.8 Å². The van der Waals surface area contributed by atoms with Gasteiger partial charge in [-0.05, 0) is 66.6 Å². The van der Waals surface area contributed by atoms with E-state index < -0.39 is 9.84 Å². The first-order valence-electron chi connectivity index (χ1n) is 12.1. The fourth-order valence-corrected chi connectivity index (χ4v) is 5.47. The smallest absolute Gasteiger partial charge is 0.254 e. The summed E-state index contributed by atoms with van der Waals surface area (Å²) in [6.45, 7) is 1.71. The number of hydrogen-bond donors (Lipinski definition) is 0. The van der Waals surface area contributed by atoms with Crippen LogP contribution in [0.15, 0.2) is 47.4 Å². The second kappa shape index (κ2) is 10.7.